The fraction of sp³-hybridized carbons (Fsp3) is 0.391. The van der Waals surface area contributed by atoms with Gasteiger partial charge in [-0.2, -0.15) is 0 Å². The summed E-state index contributed by atoms with van der Waals surface area (Å²) in [6, 6.07) is 15.0. The van der Waals surface area contributed by atoms with Gasteiger partial charge in [0.2, 0.25) is 5.91 Å². The molecular weight excluding hydrogens is 380 g/mol. The van der Waals surface area contributed by atoms with Gasteiger partial charge in [-0.05, 0) is 30.7 Å². The topological polar surface area (TPSA) is 70.7 Å². The van der Waals surface area contributed by atoms with E-state index in [0.29, 0.717) is 45.7 Å². The number of para-hydroxylation sites is 4. The smallest absolute Gasteiger partial charge is 0.329 e. The Kier molecular flexibility index (Phi) is 5.79. The molecule has 0 radical (unpaired) electrons. The van der Waals surface area contributed by atoms with Crippen LogP contribution in [0, 0.1) is 0 Å². The van der Waals surface area contributed by atoms with Crippen molar-refractivity contribution in [2.24, 2.45) is 0 Å². The van der Waals surface area contributed by atoms with E-state index in [1.807, 2.05) is 41.3 Å². The van der Waals surface area contributed by atoms with Gasteiger partial charge >= 0.3 is 5.69 Å². The molecule has 1 fully saturated rings. The first kappa shape index (κ1) is 20.1. The van der Waals surface area contributed by atoms with E-state index in [4.69, 9.17) is 0 Å². The number of anilines is 1. The van der Waals surface area contributed by atoms with Crippen molar-refractivity contribution in [3.05, 3.63) is 59.0 Å². The average molecular weight is 409 g/mol. The zero-order valence-corrected chi connectivity index (χ0v) is 17.3. The van der Waals surface area contributed by atoms with E-state index in [0.717, 1.165) is 23.1 Å². The minimum absolute atomic E-state index is 0.0461. The van der Waals surface area contributed by atoms with Gasteiger partial charge in [-0.1, -0.05) is 31.2 Å². The van der Waals surface area contributed by atoms with Crippen LogP contribution in [0.3, 0.4) is 0 Å². The quantitative estimate of drug-likeness (QED) is 0.681. The number of benzene rings is 2. The number of phenolic OH excluding ortho intramolecular Hbond substituents is 1. The van der Waals surface area contributed by atoms with Crippen LogP contribution in [-0.2, 0) is 17.9 Å². The van der Waals surface area contributed by atoms with Crippen LogP contribution in [0.15, 0.2) is 53.3 Å². The fourth-order valence-electron chi connectivity index (χ4n) is 4.22. The van der Waals surface area contributed by atoms with Gasteiger partial charge in [0.15, 0.2) is 0 Å². The fourth-order valence-corrected chi connectivity index (χ4v) is 4.22. The number of imidazole rings is 1. The van der Waals surface area contributed by atoms with E-state index in [9.17, 15) is 14.7 Å². The molecule has 3 aromatic rings. The summed E-state index contributed by atoms with van der Waals surface area (Å²) in [6.45, 7) is 5.69. The maximum Gasteiger partial charge on any atom is 0.329 e. The molecule has 0 bridgehead atoms. The summed E-state index contributed by atoms with van der Waals surface area (Å²) in [5.41, 5.74) is 2.57. The first-order valence-electron chi connectivity index (χ1n) is 10.6. The molecular formula is C23H28N4O3. The number of carbonyl (C=O) groups is 1. The third-order valence-corrected chi connectivity index (χ3v) is 5.78. The van der Waals surface area contributed by atoms with E-state index in [1.54, 1.807) is 21.3 Å². The summed E-state index contributed by atoms with van der Waals surface area (Å²) in [5.74, 6) is 0.325. The summed E-state index contributed by atoms with van der Waals surface area (Å²) in [7, 11) is 0. The number of nitrogens with zero attached hydrogens (tertiary/aromatic N) is 4. The lowest BCUT2D eigenvalue weighted by molar-refractivity contribution is -0.131. The van der Waals surface area contributed by atoms with Crippen molar-refractivity contribution in [1.29, 1.82) is 0 Å². The lowest BCUT2D eigenvalue weighted by Crippen LogP contribution is -2.49. The van der Waals surface area contributed by atoms with Crippen LogP contribution in [0.1, 0.15) is 19.8 Å². The monoisotopic (exact) mass is 408 g/mol. The van der Waals surface area contributed by atoms with Crippen molar-refractivity contribution >= 4 is 22.6 Å². The van der Waals surface area contributed by atoms with Crippen molar-refractivity contribution < 1.29 is 9.90 Å². The molecule has 7 nitrogen and oxygen atoms in total. The molecule has 0 spiro atoms. The molecule has 2 aromatic carbocycles. The van der Waals surface area contributed by atoms with Crippen LogP contribution in [0.2, 0.25) is 0 Å². The average Bonchev–Trinajstić information content (AvgIpc) is 3.04. The van der Waals surface area contributed by atoms with Crippen molar-refractivity contribution in [3.8, 4) is 5.75 Å². The van der Waals surface area contributed by atoms with Crippen LogP contribution >= 0.6 is 0 Å². The number of aromatic nitrogens is 2. The lowest BCUT2D eigenvalue weighted by Gasteiger charge is -2.36. The SMILES string of the molecule is CCCn1c(=O)n(CCC(=O)N2CCN(c3ccccc3O)CC2)c2ccccc21. The number of amides is 1. The Bertz CT molecular complexity index is 1090. The third-order valence-electron chi connectivity index (χ3n) is 5.78. The van der Waals surface area contributed by atoms with E-state index >= 15 is 0 Å². The number of hydrogen-bond donors (Lipinski definition) is 1. The van der Waals surface area contributed by atoms with Gasteiger partial charge < -0.3 is 14.9 Å². The number of phenols is 1. The number of fused-ring (bicyclic) bond motifs is 1. The highest BCUT2D eigenvalue weighted by Crippen LogP contribution is 2.27. The number of aromatic hydroxyl groups is 1. The van der Waals surface area contributed by atoms with Crippen molar-refractivity contribution in [2.45, 2.75) is 32.9 Å². The number of aryl methyl sites for hydroxylation is 2. The van der Waals surface area contributed by atoms with Crippen LogP contribution in [0.5, 0.6) is 5.75 Å². The van der Waals surface area contributed by atoms with E-state index < -0.39 is 0 Å². The van der Waals surface area contributed by atoms with Crippen LogP contribution in [-0.4, -0.2) is 51.2 Å². The number of rotatable bonds is 6. The first-order chi connectivity index (χ1) is 14.6. The number of hydrogen-bond acceptors (Lipinski definition) is 4. The molecule has 1 aromatic heterocycles. The molecule has 1 saturated heterocycles. The maximum absolute atomic E-state index is 12.9. The highest BCUT2D eigenvalue weighted by atomic mass is 16.3. The molecule has 1 aliphatic rings. The Balaban J connectivity index is 1.41. The predicted molar refractivity (Wildman–Crippen MR) is 118 cm³/mol. The second-order valence-electron chi connectivity index (χ2n) is 7.68. The Morgan fingerprint density at radius 1 is 0.900 bits per heavy atom. The number of carbonyl (C=O) groups excluding carboxylic acids is 1. The normalized spacial score (nSPS) is 14.4. The highest BCUT2D eigenvalue weighted by molar-refractivity contribution is 5.78. The molecule has 30 heavy (non-hydrogen) atoms. The summed E-state index contributed by atoms with van der Waals surface area (Å²) in [5, 5.41) is 10.0. The molecule has 7 heteroatoms. The molecule has 1 aliphatic heterocycles. The van der Waals surface area contributed by atoms with Crippen molar-refractivity contribution in [1.82, 2.24) is 14.0 Å². The maximum atomic E-state index is 12.9. The largest absolute Gasteiger partial charge is 0.506 e. The second kappa shape index (κ2) is 8.65. The molecule has 0 saturated carbocycles. The first-order valence-corrected chi connectivity index (χ1v) is 10.6. The lowest BCUT2D eigenvalue weighted by atomic mass is 10.2. The van der Waals surface area contributed by atoms with Crippen molar-refractivity contribution in [3.63, 3.8) is 0 Å². The van der Waals surface area contributed by atoms with E-state index in [2.05, 4.69) is 11.8 Å². The van der Waals surface area contributed by atoms with Crippen LogP contribution in [0.25, 0.3) is 11.0 Å². The highest BCUT2D eigenvalue weighted by Gasteiger charge is 2.23. The van der Waals surface area contributed by atoms with Crippen LogP contribution in [0.4, 0.5) is 5.69 Å². The molecule has 0 atom stereocenters. The Morgan fingerprint density at radius 2 is 1.50 bits per heavy atom. The Hall–Kier alpha value is -3.22. The molecule has 2 heterocycles. The Morgan fingerprint density at radius 3 is 2.13 bits per heavy atom. The number of piperazine rings is 1. The molecule has 0 unspecified atom stereocenters. The summed E-state index contributed by atoms with van der Waals surface area (Å²) < 4.78 is 3.52. The second-order valence-corrected chi connectivity index (χ2v) is 7.68. The van der Waals surface area contributed by atoms with Gasteiger partial charge in [-0.15, -0.1) is 0 Å². The van der Waals surface area contributed by atoms with Crippen LogP contribution < -0.4 is 10.6 Å². The summed E-state index contributed by atoms with van der Waals surface area (Å²) >= 11 is 0. The molecule has 1 N–H and O–H groups in total. The van der Waals surface area contributed by atoms with Crippen molar-refractivity contribution in [2.75, 3.05) is 31.1 Å². The van der Waals surface area contributed by atoms with Gasteiger partial charge in [0, 0.05) is 45.7 Å². The van der Waals surface area contributed by atoms with Gasteiger partial charge in [0.1, 0.15) is 5.75 Å². The van der Waals surface area contributed by atoms with Gasteiger partial charge in [0.05, 0.1) is 16.7 Å². The standard InChI is InChI=1S/C23H28N4O3/c1-2-12-26-18-7-3-4-8-19(18)27(23(26)30)13-11-22(29)25-16-14-24(15-17-25)20-9-5-6-10-21(20)28/h3-10,28H,2,11-17H2,1H3. The molecule has 1 amide bonds. The summed E-state index contributed by atoms with van der Waals surface area (Å²) in [4.78, 5) is 29.6. The summed E-state index contributed by atoms with van der Waals surface area (Å²) in [6.07, 6.45) is 1.19. The molecule has 4 rings (SSSR count). The Labute approximate surface area is 175 Å². The minimum atomic E-state index is -0.0461. The minimum Gasteiger partial charge on any atom is -0.506 e. The van der Waals surface area contributed by atoms with Gasteiger partial charge in [0.25, 0.3) is 0 Å². The molecule has 0 aliphatic carbocycles. The van der Waals surface area contributed by atoms with Gasteiger partial charge in [-0.25, -0.2) is 4.79 Å². The van der Waals surface area contributed by atoms with E-state index in [-0.39, 0.29) is 17.3 Å². The van der Waals surface area contributed by atoms with E-state index in [1.165, 1.54) is 0 Å². The zero-order valence-electron chi connectivity index (χ0n) is 17.3. The van der Waals surface area contributed by atoms with Gasteiger partial charge in [-0.3, -0.25) is 13.9 Å². The molecule has 158 valence electrons. The zero-order chi connectivity index (χ0) is 21.1. The third kappa shape index (κ3) is 3.79. The predicted octanol–water partition coefficient (Wildman–Crippen LogP) is 2.66.